The third-order valence-electron chi connectivity index (χ3n) is 2.90. The second kappa shape index (κ2) is 7.98. The van der Waals surface area contributed by atoms with Crippen molar-refractivity contribution >= 4 is 5.97 Å². The van der Waals surface area contributed by atoms with Gasteiger partial charge in [-0.05, 0) is 19.3 Å². The Morgan fingerprint density at radius 1 is 1.56 bits per heavy atom. The molecule has 0 aromatic rings. The van der Waals surface area contributed by atoms with Gasteiger partial charge in [0.25, 0.3) is 0 Å². The van der Waals surface area contributed by atoms with Crippen molar-refractivity contribution in [2.45, 2.75) is 45.4 Å². The first kappa shape index (κ1) is 14.8. The Labute approximate surface area is 101 Å². The van der Waals surface area contributed by atoms with E-state index in [9.17, 15) is 4.79 Å². The van der Waals surface area contributed by atoms with Crippen LogP contribution >= 0.6 is 0 Å². The maximum absolute atomic E-state index is 11.8. The van der Waals surface area contributed by atoms with Gasteiger partial charge in [0.15, 0.2) is 0 Å². The summed E-state index contributed by atoms with van der Waals surface area (Å²) in [5.41, 5.74) is -0.540. The van der Waals surface area contributed by atoms with E-state index in [-0.39, 0.29) is 7.40 Å². The van der Waals surface area contributed by atoms with Gasteiger partial charge in [-0.15, -0.1) is 18.9 Å². The molecule has 0 amide bonds. The van der Waals surface area contributed by atoms with E-state index in [0.717, 1.165) is 32.1 Å². The van der Waals surface area contributed by atoms with Crippen LogP contribution in [0.15, 0.2) is 12.7 Å². The number of carbonyl (C=O) groups is 1. The molecule has 2 nitrogen and oxygen atoms in total. The molecular formula is C14H24O2. The van der Waals surface area contributed by atoms with Crippen molar-refractivity contribution in [2.75, 3.05) is 7.11 Å². The Morgan fingerprint density at radius 3 is 2.62 bits per heavy atom. The molecule has 92 valence electrons. The minimum Gasteiger partial charge on any atom is -0.468 e. The number of rotatable bonds is 8. The average molecular weight is 224 g/mol. The van der Waals surface area contributed by atoms with E-state index in [4.69, 9.17) is 11.2 Å². The quantitative estimate of drug-likeness (QED) is 0.273. The molecule has 0 aromatic heterocycles. The third kappa shape index (κ3) is 4.10. The van der Waals surface area contributed by atoms with Gasteiger partial charge in [0, 0.05) is 7.85 Å². The topological polar surface area (TPSA) is 26.3 Å². The molecule has 1 atom stereocenters. The van der Waals surface area contributed by atoms with Gasteiger partial charge >= 0.3 is 5.97 Å². The summed E-state index contributed by atoms with van der Waals surface area (Å²) < 4.78 is 4.87. The van der Waals surface area contributed by atoms with Crippen LogP contribution in [0.5, 0.6) is 0 Å². The Hall–Kier alpha value is -1.23. The molecule has 0 saturated carbocycles. The van der Waals surface area contributed by atoms with E-state index in [2.05, 4.69) is 19.4 Å². The minimum atomic E-state index is -0.540. The van der Waals surface area contributed by atoms with Crippen molar-refractivity contribution in [3.05, 3.63) is 12.7 Å². The summed E-state index contributed by atoms with van der Waals surface area (Å²) in [7, 11) is 1.42. The second-order valence-corrected chi connectivity index (χ2v) is 4.01. The molecule has 0 N–H and O–H groups in total. The summed E-state index contributed by atoms with van der Waals surface area (Å²) in [4.78, 5) is 11.8. The fraction of sp³-hybridized carbons (Fsp3) is 0.643. The SMILES string of the molecule is C#CCCC[C@](C=C)(CCCC)C(=O)OC.[HH]. The average Bonchev–Trinajstić information content (AvgIpc) is 2.33. The minimum absolute atomic E-state index is 0. The van der Waals surface area contributed by atoms with Crippen LogP contribution in [-0.4, -0.2) is 13.1 Å². The number of carbonyl (C=O) groups excluding carboxylic acids is 1. The molecule has 2 heteroatoms. The fourth-order valence-electron chi connectivity index (χ4n) is 1.82. The molecule has 0 saturated heterocycles. The summed E-state index contributed by atoms with van der Waals surface area (Å²) in [6.45, 7) is 5.89. The van der Waals surface area contributed by atoms with E-state index >= 15 is 0 Å². The van der Waals surface area contributed by atoms with Gasteiger partial charge in [0.1, 0.15) is 0 Å². The highest BCUT2D eigenvalue weighted by atomic mass is 16.5. The maximum Gasteiger partial charge on any atom is 0.315 e. The van der Waals surface area contributed by atoms with Crippen molar-refractivity contribution in [1.29, 1.82) is 0 Å². The highest BCUT2D eigenvalue weighted by molar-refractivity contribution is 5.78. The van der Waals surface area contributed by atoms with Crippen LogP contribution in [0.4, 0.5) is 0 Å². The zero-order chi connectivity index (χ0) is 12.4. The van der Waals surface area contributed by atoms with E-state index in [1.807, 2.05) is 0 Å². The lowest BCUT2D eigenvalue weighted by molar-refractivity contribution is -0.150. The van der Waals surface area contributed by atoms with Gasteiger partial charge in [-0.1, -0.05) is 25.8 Å². The highest BCUT2D eigenvalue weighted by Crippen LogP contribution is 2.33. The normalized spacial score (nSPS) is 13.6. The molecule has 0 radical (unpaired) electrons. The van der Waals surface area contributed by atoms with Crippen LogP contribution < -0.4 is 0 Å². The largest absolute Gasteiger partial charge is 0.468 e. The maximum atomic E-state index is 11.8. The molecule has 0 fully saturated rings. The van der Waals surface area contributed by atoms with Crippen LogP contribution in [0.25, 0.3) is 0 Å². The first-order valence-corrected chi connectivity index (χ1v) is 5.82. The fourth-order valence-corrected chi connectivity index (χ4v) is 1.82. The van der Waals surface area contributed by atoms with E-state index < -0.39 is 5.41 Å². The van der Waals surface area contributed by atoms with Crippen molar-refractivity contribution in [2.24, 2.45) is 5.41 Å². The third-order valence-corrected chi connectivity index (χ3v) is 2.90. The molecule has 0 unspecified atom stereocenters. The molecule has 0 rings (SSSR count). The number of terminal acetylenes is 1. The van der Waals surface area contributed by atoms with Gasteiger partial charge in [-0.25, -0.2) is 0 Å². The summed E-state index contributed by atoms with van der Waals surface area (Å²) in [5.74, 6) is 2.40. The van der Waals surface area contributed by atoms with E-state index in [0.29, 0.717) is 6.42 Å². The van der Waals surface area contributed by atoms with Crippen molar-refractivity contribution in [3.8, 4) is 12.3 Å². The predicted octanol–water partition coefficient (Wildman–Crippen LogP) is 3.57. The Morgan fingerprint density at radius 2 is 2.19 bits per heavy atom. The monoisotopic (exact) mass is 224 g/mol. The standard InChI is InChI=1S/C14H22O2.H2/c1-5-8-10-12-14(7-3,11-9-6-2)13(15)16-4;/h1,7H,3,6,8-12H2,2,4H3;1H/t14-;/m0./s1. The second-order valence-electron chi connectivity index (χ2n) is 4.01. The van der Waals surface area contributed by atoms with Gasteiger partial charge in [0.05, 0.1) is 12.5 Å². The number of ether oxygens (including phenoxy) is 1. The summed E-state index contributed by atoms with van der Waals surface area (Å²) in [6, 6.07) is 0. The van der Waals surface area contributed by atoms with Gasteiger partial charge in [0.2, 0.25) is 0 Å². The van der Waals surface area contributed by atoms with Crippen molar-refractivity contribution < 1.29 is 11.0 Å². The Balaban J connectivity index is 0. The number of esters is 1. The van der Waals surface area contributed by atoms with Crippen LogP contribution in [0, 0.1) is 17.8 Å². The number of hydrogen-bond acceptors (Lipinski definition) is 2. The van der Waals surface area contributed by atoms with Crippen LogP contribution in [0.3, 0.4) is 0 Å². The molecule has 0 aromatic carbocycles. The van der Waals surface area contributed by atoms with E-state index in [1.165, 1.54) is 7.11 Å². The number of unbranched alkanes of at least 4 members (excludes halogenated alkanes) is 2. The summed E-state index contributed by atoms with van der Waals surface area (Å²) >= 11 is 0. The summed E-state index contributed by atoms with van der Waals surface area (Å²) in [5, 5.41) is 0. The first-order chi connectivity index (χ1) is 7.66. The molecule has 16 heavy (non-hydrogen) atoms. The van der Waals surface area contributed by atoms with Crippen molar-refractivity contribution in [1.82, 2.24) is 0 Å². The zero-order valence-corrected chi connectivity index (χ0v) is 10.4. The highest BCUT2D eigenvalue weighted by Gasteiger charge is 2.34. The summed E-state index contributed by atoms with van der Waals surface area (Å²) in [6.07, 6.45) is 12.1. The molecule has 0 aliphatic heterocycles. The molecule has 0 spiro atoms. The molecular weight excluding hydrogens is 200 g/mol. The smallest absolute Gasteiger partial charge is 0.315 e. The Bertz CT molecular complexity index is 268. The lowest BCUT2D eigenvalue weighted by Gasteiger charge is -2.27. The van der Waals surface area contributed by atoms with Crippen LogP contribution in [0.1, 0.15) is 46.9 Å². The number of methoxy groups -OCH3 is 1. The van der Waals surface area contributed by atoms with Crippen molar-refractivity contribution in [3.63, 3.8) is 0 Å². The van der Waals surface area contributed by atoms with Gasteiger partial charge < -0.3 is 4.74 Å². The number of hydrogen-bond donors (Lipinski definition) is 0. The molecule has 0 aliphatic carbocycles. The Kier molecular flexibility index (Phi) is 7.37. The van der Waals surface area contributed by atoms with Gasteiger partial charge in [-0.3, -0.25) is 4.79 Å². The van der Waals surface area contributed by atoms with Crippen LogP contribution in [0.2, 0.25) is 0 Å². The molecule has 0 aliphatic rings. The van der Waals surface area contributed by atoms with Gasteiger partial charge in [-0.2, -0.15) is 0 Å². The molecule has 0 heterocycles. The zero-order valence-electron chi connectivity index (χ0n) is 10.4. The lowest BCUT2D eigenvalue weighted by Crippen LogP contribution is -2.30. The van der Waals surface area contributed by atoms with Crippen LogP contribution in [-0.2, 0) is 9.53 Å². The predicted molar refractivity (Wildman–Crippen MR) is 69.0 cm³/mol. The molecule has 0 bridgehead atoms. The first-order valence-electron chi connectivity index (χ1n) is 5.82. The lowest BCUT2D eigenvalue weighted by atomic mass is 9.78. The van der Waals surface area contributed by atoms with E-state index in [1.54, 1.807) is 6.08 Å².